The van der Waals surface area contributed by atoms with Gasteiger partial charge in [0.2, 0.25) is 0 Å². The average molecular weight is 324 g/mol. The number of hydrogen-bond acceptors (Lipinski definition) is 3. The van der Waals surface area contributed by atoms with Crippen molar-refractivity contribution in [2.45, 2.75) is 46.3 Å². The van der Waals surface area contributed by atoms with Crippen LogP contribution in [0.25, 0.3) is 0 Å². The van der Waals surface area contributed by atoms with Crippen LogP contribution < -0.4 is 0 Å². The Bertz CT molecular complexity index is 678. The van der Waals surface area contributed by atoms with Crippen molar-refractivity contribution in [2.24, 2.45) is 0 Å². The average Bonchev–Trinajstić information content (AvgIpc) is 2.75. The summed E-state index contributed by atoms with van der Waals surface area (Å²) >= 11 is 0. The lowest BCUT2D eigenvalue weighted by molar-refractivity contribution is -0.152. The van der Waals surface area contributed by atoms with Crippen molar-refractivity contribution < 1.29 is 23.2 Å². The molecule has 0 radical (unpaired) electrons. The van der Waals surface area contributed by atoms with E-state index in [1.165, 1.54) is 4.90 Å². The summed E-state index contributed by atoms with van der Waals surface area (Å²) in [5, 5.41) is 0. The van der Waals surface area contributed by atoms with Gasteiger partial charge in [0.25, 0.3) is 5.91 Å². The first-order chi connectivity index (χ1) is 10.6. The highest BCUT2D eigenvalue weighted by Gasteiger charge is 2.39. The van der Waals surface area contributed by atoms with Crippen molar-refractivity contribution in [1.82, 2.24) is 9.80 Å². The van der Waals surface area contributed by atoms with Gasteiger partial charge in [-0.2, -0.15) is 0 Å². The van der Waals surface area contributed by atoms with Gasteiger partial charge in [-0.15, -0.1) is 0 Å². The smallest absolute Gasteiger partial charge is 0.319 e. The van der Waals surface area contributed by atoms with Gasteiger partial charge in [0, 0.05) is 23.7 Å². The van der Waals surface area contributed by atoms with E-state index in [9.17, 15) is 23.2 Å². The largest absolute Gasteiger partial charge is 0.330 e. The van der Waals surface area contributed by atoms with Crippen LogP contribution in [-0.2, 0) is 16.1 Å². The van der Waals surface area contributed by atoms with E-state index in [0.29, 0.717) is 11.0 Å². The molecule has 0 saturated carbocycles. The Morgan fingerprint density at radius 1 is 1.13 bits per heavy atom. The summed E-state index contributed by atoms with van der Waals surface area (Å²) in [6, 6.07) is 1.05. The summed E-state index contributed by atoms with van der Waals surface area (Å²) in [6.07, 6.45) is 0. The highest BCUT2D eigenvalue weighted by atomic mass is 19.1. The molecule has 1 aromatic carbocycles. The van der Waals surface area contributed by atoms with Crippen LogP contribution in [0.1, 0.15) is 43.6 Å². The van der Waals surface area contributed by atoms with Crippen LogP contribution >= 0.6 is 0 Å². The topological polar surface area (TPSA) is 57.7 Å². The van der Waals surface area contributed by atoms with Gasteiger partial charge in [-0.25, -0.2) is 8.78 Å². The third-order valence-electron chi connectivity index (χ3n) is 3.73. The van der Waals surface area contributed by atoms with Gasteiger partial charge < -0.3 is 4.90 Å². The van der Waals surface area contributed by atoms with Crippen molar-refractivity contribution in [1.29, 1.82) is 0 Å². The fourth-order valence-corrected chi connectivity index (χ4v) is 2.79. The molecule has 1 heterocycles. The van der Waals surface area contributed by atoms with Crippen LogP contribution in [-0.4, -0.2) is 39.6 Å². The number of imide groups is 1. The molecule has 1 aliphatic rings. The SMILES string of the molecule is CC(C)N(C(=O)C(=O)N1Cc2c(F)cc(F)cc2C1=O)C(C)C. The number of nitrogens with zero attached hydrogens (tertiary/aromatic N) is 2. The summed E-state index contributed by atoms with van der Waals surface area (Å²) in [4.78, 5) is 39.0. The number of fused-ring (bicyclic) bond motifs is 1. The van der Waals surface area contributed by atoms with Gasteiger partial charge in [0.1, 0.15) is 11.6 Å². The van der Waals surface area contributed by atoms with Gasteiger partial charge in [-0.1, -0.05) is 0 Å². The molecule has 124 valence electrons. The molecule has 0 spiro atoms. The predicted molar refractivity (Wildman–Crippen MR) is 78.4 cm³/mol. The maximum absolute atomic E-state index is 13.8. The summed E-state index contributed by atoms with van der Waals surface area (Å²) in [5.41, 5.74) is -0.289. The van der Waals surface area contributed by atoms with E-state index in [0.717, 1.165) is 6.07 Å². The highest BCUT2D eigenvalue weighted by Crippen LogP contribution is 2.27. The summed E-state index contributed by atoms with van der Waals surface area (Å²) < 4.78 is 27.0. The molecule has 0 fully saturated rings. The zero-order chi connectivity index (χ0) is 17.5. The molecule has 1 aromatic rings. The first-order valence-electron chi connectivity index (χ1n) is 7.31. The first kappa shape index (κ1) is 17.1. The molecule has 0 saturated heterocycles. The Morgan fingerprint density at radius 3 is 2.22 bits per heavy atom. The summed E-state index contributed by atoms with van der Waals surface area (Å²) in [6.45, 7) is 6.64. The Labute approximate surface area is 132 Å². The zero-order valence-corrected chi connectivity index (χ0v) is 13.4. The molecule has 0 aliphatic carbocycles. The van der Waals surface area contributed by atoms with Crippen LogP contribution in [0.4, 0.5) is 8.78 Å². The van der Waals surface area contributed by atoms with Crippen molar-refractivity contribution in [2.75, 3.05) is 0 Å². The molecule has 0 bridgehead atoms. The summed E-state index contributed by atoms with van der Waals surface area (Å²) in [7, 11) is 0. The maximum Gasteiger partial charge on any atom is 0.319 e. The lowest BCUT2D eigenvalue weighted by Crippen LogP contribution is -2.50. The van der Waals surface area contributed by atoms with E-state index in [1.54, 1.807) is 27.7 Å². The van der Waals surface area contributed by atoms with Crippen LogP contribution in [0.2, 0.25) is 0 Å². The van der Waals surface area contributed by atoms with Gasteiger partial charge >= 0.3 is 11.8 Å². The maximum atomic E-state index is 13.8. The Kier molecular flexibility index (Phi) is 4.49. The van der Waals surface area contributed by atoms with Crippen molar-refractivity contribution in [3.8, 4) is 0 Å². The molecule has 1 aliphatic heterocycles. The Hall–Kier alpha value is -2.31. The zero-order valence-electron chi connectivity index (χ0n) is 13.4. The van der Waals surface area contributed by atoms with Gasteiger partial charge in [-0.05, 0) is 33.8 Å². The molecule has 0 N–H and O–H groups in total. The molecular weight excluding hydrogens is 306 g/mol. The van der Waals surface area contributed by atoms with E-state index in [1.807, 2.05) is 0 Å². The van der Waals surface area contributed by atoms with Crippen LogP contribution in [0.3, 0.4) is 0 Å². The normalized spacial score (nSPS) is 13.7. The quantitative estimate of drug-likeness (QED) is 0.783. The number of benzene rings is 1. The van der Waals surface area contributed by atoms with Crippen LogP contribution in [0.5, 0.6) is 0 Å². The number of carbonyl (C=O) groups is 3. The van der Waals surface area contributed by atoms with Crippen LogP contribution in [0, 0.1) is 11.6 Å². The minimum absolute atomic E-state index is 0.0711. The number of rotatable bonds is 2. The molecule has 5 nitrogen and oxygen atoms in total. The molecule has 3 amide bonds. The fraction of sp³-hybridized carbons (Fsp3) is 0.438. The molecule has 23 heavy (non-hydrogen) atoms. The van der Waals surface area contributed by atoms with Gasteiger partial charge in [0.05, 0.1) is 12.1 Å². The molecule has 0 aromatic heterocycles. The summed E-state index contributed by atoms with van der Waals surface area (Å²) in [5.74, 6) is -4.53. The molecule has 2 rings (SSSR count). The number of halogens is 2. The second-order valence-electron chi connectivity index (χ2n) is 6.01. The highest BCUT2D eigenvalue weighted by molar-refractivity contribution is 6.38. The first-order valence-corrected chi connectivity index (χ1v) is 7.31. The van der Waals surface area contributed by atoms with E-state index >= 15 is 0 Å². The fourth-order valence-electron chi connectivity index (χ4n) is 2.79. The van der Waals surface area contributed by atoms with Gasteiger partial charge in [-0.3, -0.25) is 19.3 Å². The minimum Gasteiger partial charge on any atom is -0.330 e. The number of carbonyl (C=O) groups excluding carboxylic acids is 3. The third kappa shape index (κ3) is 2.95. The van der Waals surface area contributed by atoms with Crippen molar-refractivity contribution in [3.05, 3.63) is 34.9 Å². The number of amides is 3. The van der Waals surface area contributed by atoms with Crippen molar-refractivity contribution in [3.63, 3.8) is 0 Å². The lowest BCUT2D eigenvalue weighted by Gasteiger charge is -2.31. The second-order valence-corrected chi connectivity index (χ2v) is 6.01. The minimum atomic E-state index is -1.03. The number of hydrogen-bond donors (Lipinski definition) is 0. The standard InChI is InChI=1S/C16H18F2N2O3/c1-8(2)20(9(3)4)16(23)15(22)19-7-12-11(14(19)21)5-10(17)6-13(12)18/h5-6,8-9H,7H2,1-4H3. The molecular formula is C16H18F2N2O3. The molecule has 7 heteroatoms. The lowest BCUT2D eigenvalue weighted by atomic mass is 10.1. The van der Waals surface area contributed by atoms with Crippen molar-refractivity contribution >= 4 is 17.7 Å². The van der Waals surface area contributed by atoms with Crippen LogP contribution in [0.15, 0.2) is 12.1 Å². The predicted octanol–water partition coefficient (Wildman–Crippen LogP) is 2.09. The third-order valence-corrected chi connectivity index (χ3v) is 3.73. The van der Waals surface area contributed by atoms with Gasteiger partial charge in [0.15, 0.2) is 0 Å². The molecule has 0 unspecified atom stereocenters. The Balaban J connectivity index is 2.31. The monoisotopic (exact) mass is 324 g/mol. The second kappa shape index (κ2) is 6.06. The van der Waals surface area contributed by atoms with E-state index in [4.69, 9.17) is 0 Å². The van der Waals surface area contributed by atoms with E-state index in [-0.39, 0.29) is 29.8 Å². The van der Waals surface area contributed by atoms with E-state index < -0.39 is 29.4 Å². The van der Waals surface area contributed by atoms with E-state index in [2.05, 4.69) is 0 Å². The Morgan fingerprint density at radius 2 is 1.70 bits per heavy atom. The molecule has 0 atom stereocenters.